The number of allylic oxidation sites excluding steroid dienone is 4. The Labute approximate surface area is 301 Å². The molecule has 1 atom stereocenters. The Morgan fingerprint density at radius 2 is 0.774 bits per heavy atom. The molecule has 0 radical (unpaired) electrons. The molecule has 282 valence electrons. The molecule has 1 aliphatic carbocycles. The lowest BCUT2D eigenvalue weighted by molar-refractivity contribution is -0.144. The van der Waals surface area contributed by atoms with Gasteiger partial charge in [0.15, 0.2) is 0 Å². The summed E-state index contributed by atoms with van der Waals surface area (Å²) in [7, 11) is -4.23. The molecule has 0 aromatic heterocycles. The second-order valence-electron chi connectivity index (χ2n) is 13.1. The number of aryl methyl sites for hydroxylation is 4. The summed E-state index contributed by atoms with van der Waals surface area (Å²) in [5.74, 6) is 0. The molecule has 0 saturated heterocycles. The Morgan fingerprint density at radius 1 is 0.453 bits per heavy atom. The standard InChI is InChI=1S/C39H32F12P2/c1-21-9-22(2)12-30(11-21)52(31-13-23(3)10-24(4)14-31)25(5)34-7-6-8-35(34)53(32-17-26(36(40,41)42)15-27(18-32)37(43,44)45)33-19-28(38(46,47)48)16-29(20-33)39(49,50)51/h6-7,9-20,25H,8H2,1-5H3. The average molecular weight is 791 g/mol. The van der Waals surface area contributed by atoms with Crippen LogP contribution >= 0.6 is 15.8 Å². The van der Waals surface area contributed by atoms with Gasteiger partial charge < -0.3 is 0 Å². The van der Waals surface area contributed by atoms with Crippen LogP contribution in [0.2, 0.25) is 0 Å². The molecule has 0 saturated carbocycles. The predicted molar refractivity (Wildman–Crippen MR) is 187 cm³/mol. The average Bonchev–Trinajstić information content (AvgIpc) is 3.48. The Hall–Kier alpha value is -3.62. The molecule has 0 spiro atoms. The van der Waals surface area contributed by atoms with Gasteiger partial charge in [-0.2, -0.15) is 52.7 Å². The largest absolute Gasteiger partial charge is 0.416 e. The highest BCUT2D eigenvalue weighted by atomic mass is 31.1. The van der Waals surface area contributed by atoms with E-state index in [-0.39, 0.29) is 23.9 Å². The van der Waals surface area contributed by atoms with E-state index in [0.717, 1.165) is 32.9 Å². The Kier molecular flexibility index (Phi) is 11.1. The third-order valence-corrected chi connectivity index (χ3v) is 13.9. The van der Waals surface area contributed by atoms with Crippen LogP contribution in [0.25, 0.3) is 0 Å². The molecule has 0 nitrogen and oxygen atoms in total. The van der Waals surface area contributed by atoms with Gasteiger partial charge in [0.05, 0.1) is 22.3 Å². The summed E-state index contributed by atoms with van der Waals surface area (Å²) in [6.45, 7) is 9.40. The van der Waals surface area contributed by atoms with E-state index < -0.39 is 79.1 Å². The number of hydrogen-bond donors (Lipinski definition) is 0. The number of alkyl halides is 12. The van der Waals surface area contributed by atoms with Crippen LogP contribution in [0.5, 0.6) is 0 Å². The number of benzene rings is 4. The molecule has 1 aliphatic rings. The van der Waals surface area contributed by atoms with Crippen LogP contribution in [0.15, 0.2) is 95.8 Å². The number of hydrogen-bond acceptors (Lipinski definition) is 0. The molecule has 0 amide bonds. The summed E-state index contributed by atoms with van der Waals surface area (Å²) >= 11 is 0. The third kappa shape index (κ3) is 9.20. The Morgan fingerprint density at radius 3 is 1.08 bits per heavy atom. The van der Waals surface area contributed by atoms with Gasteiger partial charge in [0.1, 0.15) is 0 Å². The topological polar surface area (TPSA) is 0 Å². The minimum atomic E-state index is -5.32. The summed E-state index contributed by atoms with van der Waals surface area (Å²) in [4.78, 5) is 0. The molecule has 0 heterocycles. The van der Waals surface area contributed by atoms with Gasteiger partial charge in [-0.05, 0) is 118 Å². The maximum Gasteiger partial charge on any atom is 0.416 e. The molecule has 5 rings (SSSR count). The summed E-state index contributed by atoms with van der Waals surface area (Å²) in [5.41, 5.74) is -3.32. The van der Waals surface area contributed by atoms with Crippen molar-refractivity contribution in [3.63, 3.8) is 0 Å². The zero-order valence-corrected chi connectivity index (χ0v) is 30.6. The van der Waals surface area contributed by atoms with Crippen molar-refractivity contribution in [1.82, 2.24) is 0 Å². The maximum atomic E-state index is 14.2. The SMILES string of the molecule is Cc1cc(C)cc(P(c2cc(C)cc(C)c2)C(C)C2=C(P(c3cc(C(F)(F)F)cc(C(F)(F)F)c3)c3cc(C(F)(F)F)cc(C(F)(F)F)c3)CC=C2)c1. The molecule has 0 N–H and O–H groups in total. The molecule has 1 unspecified atom stereocenters. The normalized spacial score (nSPS) is 14.9. The van der Waals surface area contributed by atoms with Gasteiger partial charge in [-0.1, -0.05) is 77.7 Å². The zero-order chi connectivity index (χ0) is 39.4. The number of halogens is 12. The fourth-order valence-electron chi connectivity index (χ4n) is 6.62. The molecular formula is C39H32F12P2. The molecule has 4 aromatic rings. The van der Waals surface area contributed by atoms with E-state index in [1.165, 1.54) is 0 Å². The van der Waals surface area contributed by atoms with E-state index in [1.54, 1.807) is 12.2 Å². The van der Waals surface area contributed by atoms with Crippen molar-refractivity contribution in [3.05, 3.63) is 140 Å². The Bertz CT molecular complexity index is 1850. The van der Waals surface area contributed by atoms with Crippen molar-refractivity contribution in [2.75, 3.05) is 0 Å². The molecule has 0 fully saturated rings. The van der Waals surface area contributed by atoms with Crippen molar-refractivity contribution >= 4 is 37.1 Å². The first-order valence-corrected chi connectivity index (χ1v) is 18.8. The molecule has 4 aromatic carbocycles. The predicted octanol–water partition coefficient (Wildman–Crippen LogP) is 12.2. The van der Waals surface area contributed by atoms with Gasteiger partial charge in [-0.3, -0.25) is 0 Å². The molecule has 0 aliphatic heterocycles. The summed E-state index contributed by atoms with van der Waals surface area (Å²) in [5, 5.41) is 0.584. The molecule has 14 heteroatoms. The lowest BCUT2D eigenvalue weighted by atomic mass is 10.1. The minimum absolute atomic E-state index is 0.117. The van der Waals surface area contributed by atoms with Crippen LogP contribution in [-0.2, 0) is 24.7 Å². The highest BCUT2D eigenvalue weighted by molar-refractivity contribution is 7.77. The quantitative estimate of drug-likeness (QED) is 0.129. The van der Waals surface area contributed by atoms with Gasteiger partial charge in [0.25, 0.3) is 0 Å². The van der Waals surface area contributed by atoms with Gasteiger partial charge in [-0.25, -0.2) is 0 Å². The van der Waals surface area contributed by atoms with Crippen LogP contribution in [-0.4, -0.2) is 5.66 Å². The highest BCUT2D eigenvalue weighted by Gasteiger charge is 2.41. The number of rotatable bonds is 7. The van der Waals surface area contributed by atoms with Crippen LogP contribution < -0.4 is 21.2 Å². The van der Waals surface area contributed by atoms with Crippen LogP contribution in [0.4, 0.5) is 52.7 Å². The zero-order valence-electron chi connectivity index (χ0n) is 28.8. The molecule has 0 bridgehead atoms. The van der Waals surface area contributed by atoms with Crippen molar-refractivity contribution in [3.8, 4) is 0 Å². The van der Waals surface area contributed by atoms with Crippen LogP contribution in [0, 0.1) is 27.7 Å². The maximum absolute atomic E-state index is 14.2. The second-order valence-corrected chi connectivity index (χ2v) is 17.9. The molecule has 53 heavy (non-hydrogen) atoms. The first-order valence-electron chi connectivity index (χ1n) is 16.1. The smallest absolute Gasteiger partial charge is 0.166 e. The lowest BCUT2D eigenvalue weighted by Gasteiger charge is -2.31. The van der Waals surface area contributed by atoms with Gasteiger partial charge in [0, 0.05) is 5.66 Å². The van der Waals surface area contributed by atoms with E-state index in [1.807, 2.05) is 71.0 Å². The monoisotopic (exact) mass is 790 g/mol. The van der Waals surface area contributed by atoms with Gasteiger partial charge in [0.2, 0.25) is 0 Å². The van der Waals surface area contributed by atoms with Crippen molar-refractivity contribution in [2.45, 2.75) is 71.4 Å². The van der Waals surface area contributed by atoms with Crippen LogP contribution in [0.3, 0.4) is 0 Å². The lowest BCUT2D eigenvalue weighted by Crippen LogP contribution is -2.25. The van der Waals surface area contributed by atoms with E-state index in [9.17, 15) is 52.7 Å². The second kappa shape index (κ2) is 14.6. The third-order valence-electron chi connectivity index (χ3n) is 8.68. The fourth-order valence-corrected chi connectivity index (χ4v) is 12.6. The summed E-state index contributed by atoms with van der Waals surface area (Å²) in [6, 6.07) is 13.2. The fraction of sp³-hybridized carbons (Fsp3) is 0.282. The summed E-state index contributed by atoms with van der Waals surface area (Å²) < 4.78 is 170. The van der Waals surface area contributed by atoms with Gasteiger partial charge >= 0.3 is 24.7 Å². The molecular weight excluding hydrogens is 758 g/mol. The minimum Gasteiger partial charge on any atom is -0.166 e. The van der Waals surface area contributed by atoms with E-state index in [4.69, 9.17) is 0 Å². The highest BCUT2D eigenvalue weighted by Crippen LogP contribution is 2.55. The van der Waals surface area contributed by atoms with E-state index in [0.29, 0.717) is 29.8 Å². The first kappa shape index (κ1) is 40.6. The van der Waals surface area contributed by atoms with Crippen molar-refractivity contribution in [2.24, 2.45) is 0 Å². The summed E-state index contributed by atoms with van der Waals surface area (Å²) in [6.07, 6.45) is -18.2. The van der Waals surface area contributed by atoms with Crippen LogP contribution in [0.1, 0.15) is 57.9 Å². The Balaban J connectivity index is 1.88. The first-order chi connectivity index (χ1) is 24.3. The van der Waals surface area contributed by atoms with E-state index in [2.05, 4.69) is 0 Å². The van der Waals surface area contributed by atoms with E-state index >= 15 is 0 Å². The van der Waals surface area contributed by atoms with Crippen molar-refractivity contribution < 1.29 is 52.7 Å². The van der Waals surface area contributed by atoms with Gasteiger partial charge in [-0.15, -0.1) is 0 Å². The van der Waals surface area contributed by atoms with Crippen molar-refractivity contribution in [1.29, 1.82) is 0 Å².